The SMILES string of the molecule is C=C(N)Nc1ccc2c(c1)CC(c1c[nH]c3ccc(-c4ccc(N(C)C(N)=NC)cc4)cc13)=N2. The van der Waals surface area contributed by atoms with Crippen molar-refractivity contribution in [2.24, 2.45) is 21.5 Å². The van der Waals surface area contributed by atoms with Crippen LogP contribution in [0.1, 0.15) is 11.1 Å². The number of nitrogens with one attached hydrogen (secondary N) is 2. The van der Waals surface area contributed by atoms with Crippen LogP contribution >= 0.6 is 0 Å². The molecule has 0 unspecified atom stereocenters. The molecule has 7 nitrogen and oxygen atoms in total. The number of aliphatic imine (C=N–C) groups is 2. The summed E-state index contributed by atoms with van der Waals surface area (Å²) in [5.41, 5.74) is 21.2. The van der Waals surface area contributed by atoms with Gasteiger partial charge >= 0.3 is 0 Å². The molecule has 0 aliphatic carbocycles. The van der Waals surface area contributed by atoms with Gasteiger partial charge in [-0.15, -0.1) is 0 Å². The number of H-pyrrole nitrogens is 1. The van der Waals surface area contributed by atoms with E-state index in [1.807, 2.05) is 30.3 Å². The normalized spacial score (nSPS) is 13.0. The zero-order chi connectivity index (χ0) is 23.8. The van der Waals surface area contributed by atoms with Gasteiger partial charge in [-0.3, -0.25) is 9.98 Å². The van der Waals surface area contributed by atoms with Gasteiger partial charge < -0.3 is 26.7 Å². The predicted octanol–water partition coefficient (Wildman–Crippen LogP) is 4.73. The minimum absolute atomic E-state index is 0.421. The van der Waals surface area contributed by atoms with Crippen molar-refractivity contribution < 1.29 is 0 Å². The molecule has 1 aliphatic rings. The number of guanidine groups is 1. The van der Waals surface area contributed by atoms with E-state index in [1.54, 1.807) is 7.05 Å². The molecule has 0 saturated carbocycles. The third-order valence-electron chi connectivity index (χ3n) is 6.15. The number of benzene rings is 3. The second-order valence-electron chi connectivity index (χ2n) is 8.38. The van der Waals surface area contributed by atoms with Crippen molar-refractivity contribution in [1.82, 2.24) is 4.98 Å². The van der Waals surface area contributed by atoms with Gasteiger partial charge in [-0.1, -0.05) is 24.8 Å². The average Bonchev–Trinajstić information content (AvgIpc) is 3.45. The lowest BCUT2D eigenvalue weighted by molar-refractivity contribution is 1.20. The number of hydrogen-bond donors (Lipinski definition) is 4. The van der Waals surface area contributed by atoms with Crippen molar-refractivity contribution in [3.8, 4) is 11.1 Å². The first-order valence-corrected chi connectivity index (χ1v) is 11.0. The van der Waals surface area contributed by atoms with Gasteiger partial charge in [-0.2, -0.15) is 0 Å². The highest BCUT2D eigenvalue weighted by molar-refractivity contribution is 6.15. The van der Waals surface area contributed by atoms with E-state index in [9.17, 15) is 0 Å². The molecular formula is C27H27N7. The molecule has 170 valence electrons. The summed E-state index contributed by atoms with van der Waals surface area (Å²) in [7, 11) is 3.59. The summed E-state index contributed by atoms with van der Waals surface area (Å²) in [5.74, 6) is 0.894. The topological polar surface area (TPSA) is 108 Å². The Hall–Kier alpha value is -4.52. The molecule has 4 aromatic rings. The van der Waals surface area contributed by atoms with Gasteiger partial charge in [-0.25, -0.2) is 0 Å². The lowest BCUT2D eigenvalue weighted by Gasteiger charge is -2.18. The van der Waals surface area contributed by atoms with Crippen LogP contribution in [-0.4, -0.2) is 30.8 Å². The van der Waals surface area contributed by atoms with E-state index in [1.165, 1.54) is 5.56 Å². The lowest BCUT2D eigenvalue weighted by atomic mass is 9.99. The second kappa shape index (κ2) is 8.44. The Labute approximate surface area is 198 Å². The maximum atomic E-state index is 5.93. The van der Waals surface area contributed by atoms with E-state index in [0.717, 1.165) is 56.8 Å². The van der Waals surface area contributed by atoms with Crippen LogP contribution in [0.4, 0.5) is 17.1 Å². The molecule has 0 saturated heterocycles. The third-order valence-corrected chi connectivity index (χ3v) is 6.15. The predicted molar refractivity (Wildman–Crippen MR) is 143 cm³/mol. The Morgan fingerprint density at radius 3 is 2.56 bits per heavy atom. The van der Waals surface area contributed by atoms with Crippen LogP contribution in [0.25, 0.3) is 22.0 Å². The van der Waals surface area contributed by atoms with Crippen molar-refractivity contribution in [3.63, 3.8) is 0 Å². The summed E-state index contributed by atoms with van der Waals surface area (Å²) in [6.07, 6.45) is 2.81. The first-order chi connectivity index (χ1) is 16.4. The summed E-state index contributed by atoms with van der Waals surface area (Å²) < 4.78 is 0. The van der Waals surface area contributed by atoms with Crippen molar-refractivity contribution in [3.05, 3.63) is 90.4 Å². The van der Waals surface area contributed by atoms with Crippen molar-refractivity contribution in [2.75, 3.05) is 24.3 Å². The van der Waals surface area contributed by atoms with E-state index < -0.39 is 0 Å². The molecule has 0 fully saturated rings. The maximum Gasteiger partial charge on any atom is 0.195 e. The summed E-state index contributed by atoms with van der Waals surface area (Å²) in [6.45, 7) is 3.71. The molecule has 7 heteroatoms. The fourth-order valence-electron chi connectivity index (χ4n) is 4.32. The highest BCUT2D eigenvalue weighted by Crippen LogP contribution is 2.34. The zero-order valence-corrected chi connectivity index (χ0v) is 19.3. The Bertz CT molecular complexity index is 1460. The molecule has 34 heavy (non-hydrogen) atoms. The number of anilines is 2. The number of hydrogen-bond acceptors (Lipinski definition) is 4. The van der Waals surface area contributed by atoms with Crippen LogP contribution in [0.5, 0.6) is 0 Å². The molecule has 0 radical (unpaired) electrons. The van der Waals surface area contributed by atoms with Crippen molar-refractivity contribution in [1.29, 1.82) is 0 Å². The third kappa shape index (κ3) is 3.88. The summed E-state index contributed by atoms with van der Waals surface area (Å²) in [6, 6.07) is 20.8. The van der Waals surface area contributed by atoms with Gasteiger partial charge in [0.1, 0.15) is 0 Å². The molecule has 0 spiro atoms. The van der Waals surface area contributed by atoms with Crippen LogP contribution in [0.3, 0.4) is 0 Å². The largest absolute Gasteiger partial charge is 0.386 e. The molecule has 2 heterocycles. The number of nitrogens with two attached hydrogens (primary N) is 2. The summed E-state index contributed by atoms with van der Waals surface area (Å²) in [4.78, 5) is 14.2. The summed E-state index contributed by atoms with van der Waals surface area (Å²) in [5, 5.41) is 4.22. The molecule has 0 amide bonds. The first-order valence-electron chi connectivity index (χ1n) is 11.0. The molecular weight excluding hydrogens is 422 g/mol. The number of rotatable bonds is 5. The first kappa shape index (κ1) is 21.3. The van der Waals surface area contributed by atoms with Crippen LogP contribution in [0, 0.1) is 0 Å². The monoisotopic (exact) mass is 449 g/mol. The molecule has 0 atom stereocenters. The number of aromatic amines is 1. The quantitative estimate of drug-likeness (QED) is 0.261. The summed E-state index contributed by atoms with van der Waals surface area (Å²) >= 11 is 0. The Morgan fingerprint density at radius 1 is 1.06 bits per heavy atom. The number of nitrogens with zero attached hydrogens (tertiary/aromatic N) is 3. The lowest BCUT2D eigenvalue weighted by Crippen LogP contribution is -2.33. The molecule has 0 bridgehead atoms. The Kier molecular flexibility index (Phi) is 5.30. The standard InChI is InChI=1S/C27H27N7/c1-16(28)32-20-7-11-24-19(12-20)14-26(33-24)23-15-31-25-10-6-18(13-22(23)25)17-4-8-21(9-5-17)34(3)27(29)30-2/h4-13,15,31-32H,1,14,28H2,2-3H3,(H2,29,30). The van der Waals surface area contributed by atoms with Crippen LogP contribution in [-0.2, 0) is 6.42 Å². The zero-order valence-electron chi connectivity index (χ0n) is 19.3. The highest BCUT2D eigenvalue weighted by Gasteiger charge is 2.19. The van der Waals surface area contributed by atoms with E-state index in [2.05, 4.69) is 70.4 Å². The van der Waals surface area contributed by atoms with Gasteiger partial charge in [0, 0.05) is 54.6 Å². The van der Waals surface area contributed by atoms with E-state index in [-0.39, 0.29) is 0 Å². The second-order valence-corrected chi connectivity index (χ2v) is 8.38. The average molecular weight is 450 g/mol. The van der Waals surface area contributed by atoms with Gasteiger partial charge in [-0.05, 0) is 59.2 Å². The minimum atomic E-state index is 0.421. The Balaban J connectivity index is 1.44. The van der Waals surface area contributed by atoms with Gasteiger partial charge in [0.2, 0.25) is 0 Å². The van der Waals surface area contributed by atoms with E-state index in [0.29, 0.717) is 11.8 Å². The number of fused-ring (bicyclic) bond motifs is 2. The molecule has 5 rings (SSSR count). The van der Waals surface area contributed by atoms with Crippen LogP contribution in [0.2, 0.25) is 0 Å². The number of aromatic nitrogens is 1. The van der Waals surface area contributed by atoms with Gasteiger partial charge in [0.25, 0.3) is 0 Å². The smallest absolute Gasteiger partial charge is 0.195 e. The van der Waals surface area contributed by atoms with E-state index in [4.69, 9.17) is 16.5 Å². The van der Waals surface area contributed by atoms with Crippen molar-refractivity contribution >= 4 is 39.6 Å². The Morgan fingerprint density at radius 2 is 1.82 bits per heavy atom. The minimum Gasteiger partial charge on any atom is -0.386 e. The van der Waals surface area contributed by atoms with Gasteiger partial charge in [0.15, 0.2) is 5.96 Å². The fourth-order valence-corrected chi connectivity index (χ4v) is 4.32. The molecule has 1 aromatic heterocycles. The van der Waals surface area contributed by atoms with Crippen LogP contribution in [0.15, 0.2) is 89.2 Å². The molecule has 1 aliphatic heterocycles. The van der Waals surface area contributed by atoms with Gasteiger partial charge in [0.05, 0.1) is 17.2 Å². The van der Waals surface area contributed by atoms with E-state index >= 15 is 0 Å². The fraction of sp³-hybridized carbons (Fsp3) is 0.111. The maximum absolute atomic E-state index is 5.93. The highest BCUT2D eigenvalue weighted by atomic mass is 15.2. The van der Waals surface area contributed by atoms with Crippen molar-refractivity contribution in [2.45, 2.75) is 6.42 Å². The van der Waals surface area contributed by atoms with Crippen LogP contribution < -0.4 is 21.7 Å². The molecule has 3 aromatic carbocycles. The molecule has 6 N–H and O–H groups in total.